The molecule has 0 bridgehead atoms. The van der Waals surface area contributed by atoms with Gasteiger partial charge in [-0.2, -0.15) is 0 Å². The summed E-state index contributed by atoms with van der Waals surface area (Å²) in [6, 6.07) is 11.1. The van der Waals surface area contributed by atoms with Crippen LogP contribution in [0.3, 0.4) is 0 Å². The summed E-state index contributed by atoms with van der Waals surface area (Å²) in [6.45, 7) is 2.92. The summed E-state index contributed by atoms with van der Waals surface area (Å²) >= 11 is 0. The lowest BCUT2D eigenvalue weighted by Crippen LogP contribution is -2.34. The number of rotatable bonds is 7. The van der Waals surface area contributed by atoms with Crippen LogP contribution in [0.4, 0.5) is 16.4 Å². The van der Waals surface area contributed by atoms with E-state index in [9.17, 15) is 14.4 Å². The van der Waals surface area contributed by atoms with Crippen molar-refractivity contribution in [1.29, 1.82) is 0 Å². The van der Waals surface area contributed by atoms with E-state index >= 15 is 0 Å². The van der Waals surface area contributed by atoms with Gasteiger partial charge in [0.1, 0.15) is 11.6 Å². The predicted molar refractivity (Wildman–Crippen MR) is 115 cm³/mol. The van der Waals surface area contributed by atoms with E-state index in [-0.39, 0.29) is 37.0 Å². The minimum absolute atomic E-state index is 0.0232. The van der Waals surface area contributed by atoms with Crippen LogP contribution in [0, 0.1) is 6.92 Å². The van der Waals surface area contributed by atoms with Crippen molar-refractivity contribution in [2.45, 2.75) is 38.6 Å². The van der Waals surface area contributed by atoms with E-state index in [0.29, 0.717) is 25.2 Å². The lowest BCUT2D eigenvalue weighted by Gasteiger charge is -2.25. The molecule has 0 aromatic carbocycles. The fourth-order valence-electron chi connectivity index (χ4n) is 4.04. The Morgan fingerprint density at radius 3 is 2.68 bits per heavy atom. The molecule has 31 heavy (non-hydrogen) atoms. The molecule has 4 rings (SSSR count). The smallest absolute Gasteiger partial charge is 0.324 e. The molecule has 0 spiro atoms. The number of imide groups is 1. The van der Waals surface area contributed by atoms with Crippen LogP contribution in [0.15, 0.2) is 36.4 Å². The van der Waals surface area contributed by atoms with Crippen molar-refractivity contribution in [2.24, 2.45) is 0 Å². The van der Waals surface area contributed by atoms with Gasteiger partial charge < -0.3 is 15.5 Å². The van der Waals surface area contributed by atoms with E-state index in [4.69, 9.17) is 4.98 Å². The Kier molecular flexibility index (Phi) is 6.11. The summed E-state index contributed by atoms with van der Waals surface area (Å²) in [5.41, 5.74) is 1.76. The van der Waals surface area contributed by atoms with E-state index in [1.165, 1.54) is 4.90 Å². The van der Waals surface area contributed by atoms with Gasteiger partial charge >= 0.3 is 6.03 Å². The summed E-state index contributed by atoms with van der Waals surface area (Å²) in [5, 5.41) is 5.72. The first-order valence-corrected chi connectivity index (χ1v) is 10.6. The number of nitrogens with zero attached hydrogens (tertiary/aromatic N) is 4. The monoisotopic (exact) mass is 422 g/mol. The van der Waals surface area contributed by atoms with Crippen LogP contribution >= 0.6 is 0 Å². The summed E-state index contributed by atoms with van der Waals surface area (Å²) in [6.07, 6.45) is 2.52. The van der Waals surface area contributed by atoms with Crippen LogP contribution in [0.25, 0.3) is 0 Å². The lowest BCUT2D eigenvalue weighted by atomic mass is 10.1. The van der Waals surface area contributed by atoms with Crippen LogP contribution < -0.4 is 10.6 Å². The normalized spacial score (nSPS) is 18.4. The van der Waals surface area contributed by atoms with Gasteiger partial charge in [0.2, 0.25) is 11.8 Å². The molecule has 0 radical (unpaired) electrons. The van der Waals surface area contributed by atoms with Crippen LogP contribution in [-0.2, 0) is 9.59 Å². The predicted octanol–water partition coefficient (Wildman–Crippen LogP) is 2.52. The van der Waals surface area contributed by atoms with E-state index in [1.807, 2.05) is 48.2 Å². The SMILES string of the molecule is Cc1cccc(Nc2cccc(C3CCCN3C(=O)CCCN3C(=O)CNC3=O)n2)n1. The fraction of sp³-hybridized carbons (Fsp3) is 0.409. The van der Waals surface area contributed by atoms with Crippen molar-refractivity contribution in [2.75, 3.05) is 25.0 Å². The molecule has 0 saturated carbocycles. The number of carbonyl (C=O) groups excluding carboxylic acids is 3. The number of hydrogen-bond acceptors (Lipinski definition) is 6. The van der Waals surface area contributed by atoms with Crippen molar-refractivity contribution >= 4 is 29.5 Å². The number of anilines is 2. The molecule has 4 heterocycles. The van der Waals surface area contributed by atoms with Crippen molar-refractivity contribution in [1.82, 2.24) is 25.1 Å². The van der Waals surface area contributed by atoms with Crippen molar-refractivity contribution in [3.8, 4) is 0 Å². The average Bonchev–Trinajstić information content (AvgIpc) is 3.36. The maximum absolute atomic E-state index is 12.8. The molecule has 9 heteroatoms. The first-order chi connectivity index (χ1) is 15.0. The molecule has 1 atom stereocenters. The van der Waals surface area contributed by atoms with Gasteiger partial charge in [-0.3, -0.25) is 14.5 Å². The van der Waals surface area contributed by atoms with Gasteiger partial charge in [0, 0.05) is 25.2 Å². The molecule has 2 aliphatic heterocycles. The quantitative estimate of drug-likeness (QED) is 0.664. The van der Waals surface area contributed by atoms with Crippen LogP contribution in [0.2, 0.25) is 0 Å². The topological polar surface area (TPSA) is 108 Å². The maximum atomic E-state index is 12.8. The summed E-state index contributed by atoms with van der Waals surface area (Å²) < 4.78 is 0. The second-order valence-electron chi connectivity index (χ2n) is 7.79. The Morgan fingerprint density at radius 2 is 1.94 bits per heavy atom. The van der Waals surface area contributed by atoms with Crippen molar-refractivity contribution in [3.63, 3.8) is 0 Å². The van der Waals surface area contributed by atoms with Gasteiger partial charge in [-0.1, -0.05) is 12.1 Å². The number of carbonyl (C=O) groups is 3. The molecule has 4 amide bonds. The number of hydrogen-bond donors (Lipinski definition) is 2. The van der Waals surface area contributed by atoms with Gasteiger partial charge in [-0.25, -0.2) is 14.8 Å². The lowest BCUT2D eigenvalue weighted by molar-refractivity contribution is -0.133. The van der Waals surface area contributed by atoms with Gasteiger partial charge in [-0.15, -0.1) is 0 Å². The van der Waals surface area contributed by atoms with Crippen LogP contribution in [0.5, 0.6) is 0 Å². The van der Waals surface area contributed by atoms with Gasteiger partial charge in [0.15, 0.2) is 0 Å². The van der Waals surface area contributed by atoms with E-state index in [2.05, 4.69) is 15.6 Å². The largest absolute Gasteiger partial charge is 0.334 e. The van der Waals surface area contributed by atoms with E-state index in [1.54, 1.807) is 0 Å². The third-order valence-corrected chi connectivity index (χ3v) is 5.54. The molecule has 2 saturated heterocycles. The molecule has 0 aliphatic carbocycles. The highest BCUT2D eigenvalue weighted by Crippen LogP contribution is 2.32. The van der Waals surface area contributed by atoms with Gasteiger partial charge in [-0.05, 0) is 50.5 Å². The zero-order valence-electron chi connectivity index (χ0n) is 17.5. The third-order valence-electron chi connectivity index (χ3n) is 5.54. The molecule has 2 fully saturated rings. The second kappa shape index (κ2) is 9.11. The standard InChI is InChI=1S/C22H26N6O3/c1-15-6-2-9-18(24-15)26-19-10-3-7-16(25-19)17-8-4-12-27(17)20(29)11-5-13-28-21(30)14-23-22(28)31/h2-3,6-7,9-10,17H,4-5,8,11-14H2,1H3,(H,23,31)(H,24,25,26). The average molecular weight is 422 g/mol. The Labute approximate surface area is 180 Å². The molecule has 1 unspecified atom stereocenters. The Hall–Kier alpha value is -3.49. The number of nitrogens with one attached hydrogen (secondary N) is 2. The summed E-state index contributed by atoms with van der Waals surface area (Å²) in [5.74, 6) is 1.20. The molecular weight excluding hydrogens is 396 g/mol. The van der Waals surface area contributed by atoms with Crippen LogP contribution in [0.1, 0.15) is 43.1 Å². The second-order valence-corrected chi connectivity index (χ2v) is 7.79. The number of urea groups is 1. The Bertz CT molecular complexity index is 979. The van der Waals surface area contributed by atoms with Gasteiger partial charge in [0.05, 0.1) is 18.3 Å². The minimum atomic E-state index is -0.381. The highest BCUT2D eigenvalue weighted by molar-refractivity contribution is 6.01. The van der Waals surface area contributed by atoms with Crippen LogP contribution in [-0.4, -0.2) is 57.2 Å². The maximum Gasteiger partial charge on any atom is 0.324 e. The molecular formula is C22H26N6O3. The molecule has 162 valence electrons. The number of pyridine rings is 2. The first-order valence-electron chi connectivity index (χ1n) is 10.6. The highest BCUT2D eigenvalue weighted by atomic mass is 16.2. The first kappa shape index (κ1) is 20.8. The molecule has 2 N–H and O–H groups in total. The molecule has 2 aromatic heterocycles. The number of likely N-dealkylation sites (tertiary alicyclic amines) is 1. The van der Waals surface area contributed by atoms with Gasteiger partial charge in [0.25, 0.3) is 0 Å². The van der Waals surface area contributed by atoms with E-state index < -0.39 is 0 Å². The van der Waals surface area contributed by atoms with Crippen molar-refractivity contribution < 1.29 is 14.4 Å². The Balaban J connectivity index is 1.38. The zero-order chi connectivity index (χ0) is 21.8. The molecule has 2 aliphatic rings. The highest BCUT2D eigenvalue weighted by Gasteiger charge is 2.32. The number of aryl methyl sites for hydroxylation is 1. The summed E-state index contributed by atoms with van der Waals surface area (Å²) in [4.78, 5) is 48.3. The van der Waals surface area contributed by atoms with Crippen molar-refractivity contribution in [3.05, 3.63) is 47.8 Å². The fourth-order valence-corrected chi connectivity index (χ4v) is 4.04. The summed E-state index contributed by atoms with van der Waals surface area (Å²) in [7, 11) is 0. The third kappa shape index (κ3) is 4.82. The molecule has 9 nitrogen and oxygen atoms in total. The molecule has 2 aromatic rings. The van der Waals surface area contributed by atoms with E-state index in [0.717, 1.165) is 30.0 Å². The number of amides is 4. The zero-order valence-corrected chi connectivity index (χ0v) is 17.5. The minimum Gasteiger partial charge on any atom is -0.334 e. The Morgan fingerprint density at radius 1 is 1.16 bits per heavy atom. The number of aromatic nitrogens is 2.